The van der Waals surface area contributed by atoms with E-state index in [0.29, 0.717) is 6.42 Å². The molecule has 0 aromatic carbocycles. The molecular formula is C13H26N2O5S. The minimum Gasteiger partial charge on any atom is -0.481 e. The topological polar surface area (TPSA) is 113 Å². The Morgan fingerprint density at radius 3 is 2.14 bits per heavy atom. The van der Waals surface area contributed by atoms with Crippen molar-refractivity contribution in [3.63, 3.8) is 0 Å². The van der Waals surface area contributed by atoms with Crippen LogP contribution in [0.5, 0.6) is 0 Å². The van der Waals surface area contributed by atoms with Crippen LogP contribution in [0.4, 0.5) is 4.79 Å². The summed E-state index contributed by atoms with van der Waals surface area (Å²) in [7, 11) is -3.17. The summed E-state index contributed by atoms with van der Waals surface area (Å²) >= 11 is 0. The molecule has 7 nitrogen and oxygen atoms in total. The lowest BCUT2D eigenvalue weighted by Gasteiger charge is -2.23. The van der Waals surface area contributed by atoms with Crippen molar-refractivity contribution in [3.05, 3.63) is 0 Å². The number of rotatable bonds is 7. The minimum atomic E-state index is -3.17. The number of carboxylic acid groups (broad SMARTS) is 1. The molecule has 2 amide bonds. The second-order valence-electron chi connectivity index (χ2n) is 6.65. The third-order valence-electron chi connectivity index (χ3n) is 2.65. The van der Waals surface area contributed by atoms with Gasteiger partial charge in [0.05, 0.1) is 11.7 Å². The van der Waals surface area contributed by atoms with Gasteiger partial charge in [-0.2, -0.15) is 0 Å². The Hall–Kier alpha value is -1.31. The maximum atomic E-state index is 11.6. The van der Waals surface area contributed by atoms with Gasteiger partial charge in [0.1, 0.15) is 9.84 Å². The molecule has 2 atom stereocenters. The van der Waals surface area contributed by atoms with Gasteiger partial charge < -0.3 is 15.7 Å². The van der Waals surface area contributed by atoms with E-state index in [-0.39, 0.29) is 17.7 Å². The Labute approximate surface area is 126 Å². The normalized spacial score (nSPS) is 15.1. The fraction of sp³-hybridized carbons (Fsp3) is 0.846. The highest BCUT2D eigenvalue weighted by atomic mass is 32.2. The molecule has 21 heavy (non-hydrogen) atoms. The molecule has 0 rings (SSSR count). The first-order valence-electron chi connectivity index (χ1n) is 6.75. The van der Waals surface area contributed by atoms with Crippen molar-refractivity contribution in [1.29, 1.82) is 0 Å². The maximum absolute atomic E-state index is 11.6. The van der Waals surface area contributed by atoms with Gasteiger partial charge in [-0.1, -0.05) is 20.8 Å². The molecule has 0 heterocycles. The van der Waals surface area contributed by atoms with E-state index in [0.717, 1.165) is 6.26 Å². The molecule has 0 radical (unpaired) electrons. The molecule has 124 valence electrons. The third kappa shape index (κ3) is 11.1. The number of sulfone groups is 1. The van der Waals surface area contributed by atoms with Crippen LogP contribution in [-0.2, 0) is 14.6 Å². The van der Waals surface area contributed by atoms with E-state index in [1.807, 2.05) is 20.8 Å². The number of amides is 2. The number of hydrogen-bond acceptors (Lipinski definition) is 4. The smallest absolute Gasteiger partial charge is 0.315 e. The first-order valence-corrected chi connectivity index (χ1v) is 8.81. The van der Waals surface area contributed by atoms with Crippen molar-refractivity contribution < 1.29 is 23.1 Å². The number of carbonyl (C=O) groups is 2. The molecule has 0 bridgehead atoms. The summed E-state index contributed by atoms with van der Waals surface area (Å²) in [6, 6.07) is -1.10. The standard InChI is InChI=1S/C13H26N2O5S/c1-9(8-21(5,19)20)15-12(18)14-7-10(11(16)17)6-13(2,3)4/h9-10H,6-8H2,1-5H3,(H,16,17)(H2,14,15,18). The molecule has 0 saturated carbocycles. The first-order chi connectivity index (χ1) is 9.30. The van der Waals surface area contributed by atoms with Gasteiger partial charge in [-0.05, 0) is 18.8 Å². The highest BCUT2D eigenvalue weighted by Gasteiger charge is 2.25. The average molecular weight is 322 g/mol. The van der Waals surface area contributed by atoms with Crippen molar-refractivity contribution in [3.8, 4) is 0 Å². The van der Waals surface area contributed by atoms with E-state index in [9.17, 15) is 18.0 Å². The van der Waals surface area contributed by atoms with Crippen LogP contribution in [0.3, 0.4) is 0 Å². The molecule has 3 N–H and O–H groups in total. The highest BCUT2D eigenvalue weighted by molar-refractivity contribution is 7.90. The maximum Gasteiger partial charge on any atom is 0.315 e. The number of carbonyl (C=O) groups excluding carboxylic acids is 1. The zero-order valence-electron chi connectivity index (χ0n) is 13.3. The van der Waals surface area contributed by atoms with E-state index < -0.39 is 33.8 Å². The molecular weight excluding hydrogens is 296 g/mol. The summed E-state index contributed by atoms with van der Waals surface area (Å²) in [6.45, 7) is 7.36. The van der Waals surface area contributed by atoms with E-state index in [2.05, 4.69) is 10.6 Å². The van der Waals surface area contributed by atoms with Crippen LogP contribution in [0.2, 0.25) is 0 Å². The Balaban J connectivity index is 4.35. The molecule has 0 aliphatic heterocycles. The monoisotopic (exact) mass is 322 g/mol. The molecule has 0 aliphatic rings. The van der Waals surface area contributed by atoms with Crippen molar-refractivity contribution in [2.45, 2.75) is 40.2 Å². The molecule has 2 unspecified atom stereocenters. The molecule has 0 aromatic heterocycles. The fourth-order valence-electron chi connectivity index (χ4n) is 1.97. The number of carboxylic acids is 1. The Morgan fingerprint density at radius 2 is 1.76 bits per heavy atom. The van der Waals surface area contributed by atoms with Crippen molar-refractivity contribution >= 4 is 21.8 Å². The summed E-state index contributed by atoms with van der Waals surface area (Å²) in [6.07, 6.45) is 1.52. The van der Waals surface area contributed by atoms with Crippen LogP contribution in [0.1, 0.15) is 34.1 Å². The van der Waals surface area contributed by atoms with Gasteiger partial charge in [-0.25, -0.2) is 13.2 Å². The lowest BCUT2D eigenvalue weighted by atomic mass is 9.84. The Bertz CT molecular complexity index is 467. The van der Waals surface area contributed by atoms with Gasteiger partial charge in [0, 0.05) is 18.8 Å². The summed E-state index contributed by atoms with van der Waals surface area (Å²) in [5, 5.41) is 14.1. The largest absolute Gasteiger partial charge is 0.481 e. The highest BCUT2D eigenvalue weighted by Crippen LogP contribution is 2.24. The van der Waals surface area contributed by atoms with Crippen LogP contribution in [0.25, 0.3) is 0 Å². The van der Waals surface area contributed by atoms with E-state index in [1.165, 1.54) is 0 Å². The Kier molecular flexibility index (Phi) is 7.15. The number of hydrogen-bond donors (Lipinski definition) is 3. The van der Waals surface area contributed by atoms with Gasteiger partial charge in [0.15, 0.2) is 0 Å². The second kappa shape index (κ2) is 7.63. The summed E-state index contributed by atoms with van der Waals surface area (Å²) < 4.78 is 22.2. The first kappa shape index (κ1) is 19.7. The quantitative estimate of drug-likeness (QED) is 0.643. The molecule has 0 saturated heterocycles. The summed E-state index contributed by atoms with van der Waals surface area (Å²) in [5.41, 5.74) is -0.162. The van der Waals surface area contributed by atoms with E-state index >= 15 is 0 Å². The molecule has 8 heteroatoms. The lowest BCUT2D eigenvalue weighted by Crippen LogP contribution is -2.46. The van der Waals surface area contributed by atoms with Crippen LogP contribution < -0.4 is 10.6 Å². The Morgan fingerprint density at radius 1 is 1.24 bits per heavy atom. The molecule has 0 aromatic rings. The van der Waals surface area contributed by atoms with Crippen LogP contribution in [-0.4, -0.2) is 50.1 Å². The van der Waals surface area contributed by atoms with Gasteiger partial charge >= 0.3 is 12.0 Å². The van der Waals surface area contributed by atoms with Crippen LogP contribution >= 0.6 is 0 Å². The minimum absolute atomic E-state index is 0.00400. The average Bonchev–Trinajstić information content (AvgIpc) is 2.19. The van der Waals surface area contributed by atoms with Crippen LogP contribution in [0.15, 0.2) is 0 Å². The number of nitrogens with one attached hydrogen (secondary N) is 2. The molecule has 0 fully saturated rings. The van der Waals surface area contributed by atoms with Gasteiger partial charge in [0.2, 0.25) is 0 Å². The van der Waals surface area contributed by atoms with Crippen molar-refractivity contribution in [2.75, 3.05) is 18.6 Å². The van der Waals surface area contributed by atoms with Gasteiger partial charge in [-0.15, -0.1) is 0 Å². The van der Waals surface area contributed by atoms with E-state index in [4.69, 9.17) is 5.11 Å². The zero-order valence-corrected chi connectivity index (χ0v) is 14.1. The van der Waals surface area contributed by atoms with Crippen molar-refractivity contribution in [2.24, 2.45) is 11.3 Å². The fourth-order valence-corrected chi connectivity index (χ4v) is 2.96. The van der Waals surface area contributed by atoms with Crippen molar-refractivity contribution in [1.82, 2.24) is 10.6 Å². The van der Waals surface area contributed by atoms with E-state index in [1.54, 1.807) is 6.92 Å². The summed E-state index contributed by atoms with van der Waals surface area (Å²) in [4.78, 5) is 22.8. The molecule has 0 spiro atoms. The zero-order chi connectivity index (χ0) is 16.8. The third-order valence-corrected chi connectivity index (χ3v) is 3.75. The predicted octanol–water partition coefficient (Wildman–Crippen LogP) is 0.856. The van der Waals surface area contributed by atoms with Gasteiger partial charge in [-0.3, -0.25) is 4.79 Å². The number of urea groups is 1. The summed E-state index contributed by atoms with van der Waals surface area (Å²) in [5.74, 6) is -1.81. The second-order valence-corrected chi connectivity index (χ2v) is 8.83. The van der Waals surface area contributed by atoms with Gasteiger partial charge in [0.25, 0.3) is 0 Å². The SMILES string of the molecule is CC(CS(C)(=O)=O)NC(=O)NCC(CC(C)(C)C)C(=O)O. The molecule has 0 aliphatic carbocycles. The lowest BCUT2D eigenvalue weighted by molar-refractivity contribution is -0.142. The predicted molar refractivity (Wildman–Crippen MR) is 80.9 cm³/mol. The van der Waals surface area contributed by atoms with Crippen LogP contribution in [0, 0.1) is 11.3 Å². The number of aliphatic carboxylic acids is 1.